The number of benzene rings is 2. The maximum absolute atomic E-state index is 13.3. The summed E-state index contributed by atoms with van der Waals surface area (Å²) in [7, 11) is 1.60. The molecule has 2 rings (SSSR count). The number of alkyl halides is 1. The number of hydrogen-bond donors (Lipinski definition) is 0. The van der Waals surface area contributed by atoms with E-state index in [1.807, 2.05) is 24.3 Å². The SMILES string of the molecule is COc1cccc(CBr)c1OCc1cc(F)cc(Br)c1. The van der Waals surface area contributed by atoms with Crippen molar-refractivity contribution in [3.8, 4) is 11.5 Å². The van der Waals surface area contributed by atoms with E-state index in [1.165, 1.54) is 12.1 Å². The molecule has 0 bridgehead atoms. The first kappa shape index (κ1) is 15.3. The topological polar surface area (TPSA) is 18.5 Å². The lowest BCUT2D eigenvalue weighted by Gasteiger charge is -2.14. The third-order valence-electron chi connectivity index (χ3n) is 2.73. The van der Waals surface area contributed by atoms with Gasteiger partial charge in [0, 0.05) is 15.4 Å². The van der Waals surface area contributed by atoms with Gasteiger partial charge < -0.3 is 9.47 Å². The first-order valence-electron chi connectivity index (χ1n) is 5.93. The average molecular weight is 404 g/mol. The second kappa shape index (κ2) is 7.09. The van der Waals surface area contributed by atoms with Gasteiger partial charge in [-0.1, -0.05) is 44.0 Å². The van der Waals surface area contributed by atoms with Crippen molar-refractivity contribution in [3.63, 3.8) is 0 Å². The van der Waals surface area contributed by atoms with Crippen LogP contribution in [-0.2, 0) is 11.9 Å². The van der Waals surface area contributed by atoms with Gasteiger partial charge in [0.25, 0.3) is 0 Å². The Morgan fingerprint density at radius 1 is 1.20 bits per heavy atom. The van der Waals surface area contributed by atoms with Crippen molar-refractivity contribution in [2.75, 3.05) is 7.11 Å². The average Bonchev–Trinajstić information content (AvgIpc) is 2.43. The highest BCUT2D eigenvalue weighted by Crippen LogP contribution is 2.33. The molecule has 0 atom stereocenters. The van der Waals surface area contributed by atoms with Crippen LogP contribution in [0.3, 0.4) is 0 Å². The van der Waals surface area contributed by atoms with E-state index in [0.29, 0.717) is 21.3 Å². The van der Waals surface area contributed by atoms with Gasteiger partial charge >= 0.3 is 0 Å². The summed E-state index contributed by atoms with van der Waals surface area (Å²) in [5.74, 6) is 1.04. The van der Waals surface area contributed by atoms with Crippen molar-refractivity contribution in [3.05, 3.63) is 57.8 Å². The van der Waals surface area contributed by atoms with Crippen molar-refractivity contribution in [1.82, 2.24) is 0 Å². The number of hydrogen-bond acceptors (Lipinski definition) is 2. The van der Waals surface area contributed by atoms with Gasteiger partial charge in [0.1, 0.15) is 12.4 Å². The second-order valence-electron chi connectivity index (χ2n) is 4.15. The molecule has 2 nitrogen and oxygen atoms in total. The summed E-state index contributed by atoms with van der Waals surface area (Å²) in [5.41, 5.74) is 1.74. The lowest BCUT2D eigenvalue weighted by atomic mass is 10.2. The molecule has 0 spiro atoms. The molecule has 0 aliphatic rings. The highest BCUT2D eigenvalue weighted by molar-refractivity contribution is 9.10. The number of halogens is 3. The number of rotatable bonds is 5. The minimum absolute atomic E-state index is 0.275. The predicted octanol–water partition coefficient (Wildman–Crippen LogP) is 5.07. The summed E-state index contributed by atoms with van der Waals surface area (Å²) in [6.07, 6.45) is 0. The zero-order chi connectivity index (χ0) is 14.5. The molecule has 0 aliphatic heterocycles. The van der Waals surface area contributed by atoms with Crippen molar-refractivity contribution in [2.24, 2.45) is 0 Å². The first-order valence-corrected chi connectivity index (χ1v) is 7.85. The summed E-state index contributed by atoms with van der Waals surface area (Å²) in [6.45, 7) is 0.275. The van der Waals surface area contributed by atoms with Gasteiger partial charge in [-0.05, 0) is 29.8 Å². The lowest BCUT2D eigenvalue weighted by molar-refractivity contribution is 0.282. The smallest absolute Gasteiger partial charge is 0.165 e. The Balaban J connectivity index is 2.22. The van der Waals surface area contributed by atoms with E-state index in [-0.39, 0.29) is 12.4 Å². The molecule has 2 aromatic rings. The van der Waals surface area contributed by atoms with Crippen LogP contribution in [0, 0.1) is 5.82 Å². The fourth-order valence-electron chi connectivity index (χ4n) is 1.84. The van der Waals surface area contributed by atoms with Crippen LogP contribution in [0.25, 0.3) is 0 Å². The van der Waals surface area contributed by atoms with E-state index < -0.39 is 0 Å². The van der Waals surface area contributed by atoms with Crippen molar-refractivity contribution < 1.29 is 13.9 Å². The van der Waals surface area contributed by atoms with E-state index in [0.717, 1.165) is 11.1 Å². The monoisotopic (exact) mass is 402 g/mol. The number of ether oxygens (including phenoxy) is 2. The molecule has 106 valence electrons. The third kappa shape index (κ3) is 3.73. The molecule has 0 heterocycles. The van der Waals surface area contributed by atoms with E-state index in [9.17, 15) is 4.39 Å². The Kier molecular flexibility index (Phi) is 5.43. The van der Waals surface area contributed by atoms with Gasteiger partial charge in [0.05, 0.1) is 7.11 Å². The predicted molar refractivity (Wildman–Crippen MR) is 84.1 cm³/mol. The zero-order valence-corrected chi connectivity index (χ0v) is 14.0. The van der Waals surface area contributed by atoms with Crippen LogP contribution >= 0.6 is 31.9 Å². The molecule has 0 saturated heterocycles. The Morgan fingerprint density at radius 3 is 2.65 bits per heavy atom. The van der Waals surface area contributed by atoms with Crippen LogP contribution in [0.5, 0.6) is 11.5 Å². The highest BCUT2D eigenvalue weighted by Gasteiger charge is 2.10. The molecule has 0 N–H and O–H groups in total. The minimum Gasteiger partial charge on any atom is -0.493 e. The highest BCUT2D eigenvalue weighted by atomic mass is 79.9. The van der Waals surface area contributed by atoms with Crippen molar-refractivity contribution in [1.29, 1.82) is 0 Å². The number of para-hydroxylation sites is 1. The molecule has 0 aromatic heterocycles. The van der Waals surface area contributed by atoms with Gasteiger partial charge in [-0.15, -0.1) is 0 Å². The maximum atomic E-state index is 13.3. The van der Waals surface area contributed by atoms with Gasteiger partial charge in [-0.3, -0.25) is 0 Å². The van der Waals surface area contributed by atoms with E-state index in [2.05, 4.69) is 31.9 Å². The van der Waals surface area contributed by atoms with Crippen LogP contribution in [0.4, 0.5) is 4.39 Å². The van der Waals surface area contributed by atoms with Crippen molar-refractivity contribution in [2.45, 2.75) is 11.9 Å². The Morgan fingerprint density at radius 2 is 2.00 bits per heavy atom. The molecule has 0 unspecified atom stereocenters. The summed E-state index contributed by atoms with van der Waals surface area (Å²) in [6, 6.07) is 10.4. The third-order valence-corrected chi connectivity index (χ3v) is 3.79. The first-order chi connectivity index (χ1) is 9.63. The molecule has 2 aromatic carbocycles. The fraction of sp³-hybridized carbons (Fsp3) is 0.200. The van der Waals surface area contributed by atoms with E-state index in [4.69, 9.17) is 9.47 Å². The fourth-order valence-corrected chi connectivity index (χ4v) is 2.80. The molecular weight excluding hydrogens is 391 g/mol. The standard InChI is InChI=1S/C15H13Br2FO2/c1-19-14-4-2-3-11(8-16)15(14)20-9-10-5-12(17)7-13(18)6-10/h2-7H,8-9H2,1H3. The van der Waals surface area contributed by atoms with Gasteiger partial charge in [-0.2, -0.15) is 0 Å². The molecule has 0 saturated carbocycles. The van der Waals surface area contributed by atoms with Gasteiger partial charge in [0.15, 0.2) is 11.5 Å². The lowest BCUT2D eigenvalue weighted by Crippen LogP contribution is -2.00. The molecule has 0 fully saturated rings. The summed E-state index contributed by atoms with van der Waals surface area (Å²) in [5, 5.41) is 0.659. The second-order valence-corrected chi connectivity index (χ2v) is 5.62. The normalized spacial score (nSPS) is 10.4. The van der Waals surface area contributed by atoms with Gasteiger partial charge in [0.2, 0.25) is 0 Å². The Labute approximate surface area is 134 Å². The molecule has 0 aliphatic carbocycles. The van der Waals surface area contributed by atoms with Crippen LogP contribution in [0.15, 0.2) is 40.9 Å². The molecule has 20 heavy (non-hydrogen) atoms. The van der Waals surface area contributed by atoms with E-state index >= 15 is 0 Å². The van der Waals surface area contributed by atoms with Crippen LogP contribution in [0.1, 0.15) is 11.1 Å². The zero-order valence-electron chi connectivity index (χ0n) is 10.8. The Hall–Kier alpha value is -1.07. The van der Waals surface area contributed by atoms with Crippen molar-refractivity contribution >= 4 is 31.9 Å². The molecule has 5 heteroatoms. The largest absolute Gasteiger partial charge is 0.493 e. The van der Waals surface area contributed by atoms with Crippen LogP contribution < -0.4 is 9.47 Å². The molecule has 0 amide bonds. The quantitative estimate of drug-likeness (QED) is 0.648. The summed E-state index contributed by atoms with van der Waals surface area (Å²) in [4.78, 5) is 0. The molecule has 0 radical (unpaired) electrons. The summed E-state index contributed by atoms with van der Waals surface area (Å²) >= 11 is 6.69. The number of methoxy groups -OCH3 is 1. The molecular formula is C15H13Br2FO2. The Bertz CT molecular complexity index is 560. The van der Waals surface area contributed by atoms with E-state index in [1.54, 1.807) is 7.11 Å². The van der Waals surface area contributed by atoms with Crippen LogP contribution in [-0.4, -0.2) is 7.11 Å². The maximum Gasteiger partial charge on any atom is 0.165 e. The summed E-state index contributed by atoms with van der Waals surface area (Å²) < 4.78 is 25.1. The van der Waals surface area contributed by atoms with Gasteiger partial charge in [-0.25, -0.2) is 4.39 Å². The van der Waals surface area contributed by atoms with Crippen LogP contribution in [0.2, 0.25) is 0 Å². The minimum atomic E-state index is -0.293.